The van der Waals surface area contributed by atoms with Crippen LogP contribution < -0.4 is 5.32 Å². The van der Waals surface area contributed by atoms with Crippen LogP contribution in [0.3, 0.4) is 0 Å². The summed E-state index contributed by atoms with van der Waals surface area (Å²) in [7, 11) is 0. The highest BCUT2D eigenvalue weighted by Gasteiger charge is 2.03. The van der Waals surface area contributed by atoms with Crippen molar-refractivity contribution in [1.29, 1.82) is 0 Å². The van der Waals surface area contributed by atoms with Gasteiger partial charge < -0.3 is 10.4 Å². The van der Waals surface area contributed by atoms with Gasteiger partial charge in [-0.2, -0.15) is 5.10 Å². The van der Waals surface area contributed by atoms with Crippen LogP contribution in [0.15, 0.2) is 30.6 Å². The smallest absolute Gasteiger partial charge is 0.160 e. The lowest BCUT2D eigenvalue weighted by Crippen LogP contribution is -2.02. The van der Waals surface area contributed by atoms with Crippen molar-refractivity contribution in [3.63, 3.8) is 0 Å². The van der Waals surface area contributed by atoms with Gasteiger partial charge in [0.25, 0.3) is 0 Å². The molecule has 2 rings (SSSR count). The van der Waals surface area contributed by atoms with Gasteiger partial charge in [-0.15, -0.1) is 0 Å². The third-order valence-corrected chi connectivity index (χ3v) is 2.43. The number of halogens is 2. The molecular weight excluding hydrogens is 240 g/mol. The Bertz CT molecular complexity index is 528. The first-order chi connectivity index (χ1) is 8.69. The fraction of sp³-hybridized carbons (Fsp3) is 0.250. The number of benzene rings is 1. The second kappa shape index (κ2) is 5.59. The van der Waals surface area contributed by atoms with Gasteiger partial charge >= 0.3 is 0 Å². The predicted octanol–water partition coefficient (Wildman–Crippen LogP) is 1.77. The SMILES string of the molecule is OCCn1cc(CNc2ccc(F)c(F)c2)cn1. The van der Waals surface area contributed by atoms with Gasteiger partial charge in [-0.3, -0.25) is 4.68 Å². The van der Waals surface area contributed by atoms with Crippen molar-refractivity contribution in [3.05, 3.63) is 47.8 Å². The summed E-state index contributed by atoms with van der Waals surface area (Å²) in [5, 5.41) is 15.7. The van der Waals surface area contributed by atoms with Crippen LogP contribution in [0.5, 0.6) is 0 Å². The number of hydrogen-bond acceptors (Lipinski definition) is 3. The number of aliphatic hydroxyl groups excluding tert-OH is 1. The summed E-state index contributed by atoms with van der Waals surface area (Å²) >= 11 is 0. The lowest BCUT2D eigenvalue weighted by Gasteiger charge is -2.04. The van der Waals surface area contributed by atoms with Crippen LogP contribution in [0.25, 0.3) is 0 Å². The normalized spacial score (nSPS) is 10.6. The average molecular weight is 253 g/mol. The maximum Gasteiger partial charge on any atom is 0.160 e. The van der Waals surface area contributed by atoms with E-state index in [0.717, 1.165) is 17.7 Å². The van der Waals surface area contributed by atoms with Gasteiger partial charge in [0, 0.05) is 30.1 Å². The predicted molar refractivity (Wildman–Crippen MR) is 63.0 cm³/mol. The summed E-state index contributed by atoms with van der Waals surface area (Å²) < 4.78 is 27.3. The molecule has 1 heterocycles. The topological polar surface area (TPSA) is 50.1 Å². The highest BCUT2D eigenvalue weighted by molar-refractivity contribution is 5.43. The minimum absolute atomic E-state index is 0.0255. The van der Waals surface area contributed by atoms with Gasteiger partial charge in [0.05, 0.1) is 19.3 Å². The molecule has 0 aliphatic carbocycles. The number of aliphatic hydroxyl groups is 1. The molecule has 2 N–H and O–H groups in total. The fourth-order valence-corrected chi connectivity index (χ4v) is 1.53. The molecule has 0 bridgehead atoms. The molecule has 0 saturated carbocycles. The number of rotatable bonds is 5. The number of aromatic nitrogens is 2. The van der Waals surface area contributed by atoms with E-state index in [0.29, 0.717) is 18.8 Å². The molecule has 0 saturated heterocycles. The van der Waals surface area contributed by atoms with E-state index in [4.69, 9.17) is 5.11 Å². The van der Waals surface area contributed by atoms with Crippen LogP contribution >= 0.6 is 0 Å². The van der Waals surface area contributed by atoms with Gasteiger partial charge in [-0.05, 0) is 12.1 Å². The Balaban J connectivity index is 1.95. The molecule has 1 aromatic carbocycles. The maximum atomic E-state index is 13.0. The highest BCUT2D eigenvalue weighted by atomic mass is 19.2. The Labute approximate surface area is 103 Å². The summed E-state index contributed by atoms with van der Waals surface area (Å²) in [5.41, 5.74) is 1.40. The molecule has 96 valence electrons. The van der Waals surface area contributed by atoms with Crippen molar-refractivity contribution in [3.8, 4) is 0 Å². The van der Waals surface area contributed by atoms with Gasteiger partial charge in [-0.25, -0.2) is 8.78 Å². The Hall–Kier alpha value is -1.95. The zero-order valence-electron chi connectivity index (χ0n) is 9.61. The van der Waals surface area contributed by atoms with Crippen LogP contribution in [-0.4, -0.2) is 21.5 Å². The molecule has 0 amide bonds. The van der Waals surface area contributed by atoms with Crippen LogP contribution in [0.1, 0.15) is 5.56 Å². The minimum atomic E-state index is -0.879. The molecule has 0 spiro atoms. The maximum absolute atomic E-state index is 13.0. The quantitative estimate of drug-likeness (QED) is 0.853. The third kappa shape index (κ3) is 3.04. The molecule has 1 aromatic heterocycles. The summed E-state index contributed by atoms with van der Waals surface area (Å²) in [6.45, 7) is 0.916. The van der Waals surface area contributed by atoms with Gasteiger partial charge in [0.1, 0.15) is 0 Å². The van der Waals surface area contributed by atoms with Crippen LogP contribution in [0, 0.1) is 11.6 Å². The van der Waals surface area contributed by atoms with Crippen molar-refractivity contribution in [2.75, 3.05) is 11.9 Å². The number of nitrogens with one attached hydrogen (secondary N) is 1. The van der Waals surface area contributed by atoms with Crippen molar-refractivity contribution in [2.45, 2.75) is 13.1 Å². The first-order valence-corrected chi connectivity index (χ1v) is 5.50. The standard InChI is InChI=1S/C12H13F2N3O/c13-11-2-1-10(5-12(11)14)15-6-9-7-16-17(8-9)3-4-18/h1-2,5,7-8,15,18H,3-4,6H2. The molecule has 6 heteroatoms. The van der Waals surface area contributed by atoms with E-state index in [2.05, 4.69) is 10.4 Å². The summed E-state index contributed by atoms with van der Waals surface area (Å²) in [6, 6.07) is 3.65. The van der Waals surface area contributed by atoms with E-state index in [1.807, 2.05) is 0 Å². The molecule has 0 aliphatic rings. The number of nitrogens with zero attached hydrogens (tertiary/aromatic N) is 2. The summed E-state index contributed by atoms with van der Waals surface area (Å²) in [5.74, 6) is -1.74. The van der Waals surface area contributed by atoms with Gasteiger partial charge in [0.2, 0.25) is 0 Å². The monoisotopic (exact) mass is 253 g/mol. The number of hydrogen-bond donors (Lipinski definition) is 2. The van der Waals surface area contributed by atoms with Crippen molar-refractivity contribution < 1.29 is 13.9 Å². The molecule has 18 heavy (non-hydrogen) atoms. The van der Waals surface area contributed by atoms with Gasteiger partial charge in [0.15, 0.2) is 11.6 Å². The lowest BCUT2D eigenvalue weighted by atomic mass is 10.3. The van der Waals surface area contributed by atoms with Crippen molar-refractivity contribution in [1.82, 2.24) is 9.78 Å². The second-order valence-corrected chi connectivity index (χ2v) is 3.82. The Morgan fingerprint density at radius 3 is 2.83 bits per heavy atom. The zero-order valence-corrected chi connectivity index (χ0v) is 9.61. The van der Waals surface area contributed by atoms with Crippen molar-refractivity contribution in [2.24, 2.45) is 0 Å². The van der Waals surface area contributed by atoms with E-state index in [1.54, 1.807) is 17.1 Å². The van der Waals surface area contributed by atoms with Crippen molar-refractivity contribution >= 4 is 5.69 Å². The largest absolute Gasteiger partial charge is 0.394 e. The molecule has 4 nitrogen and oxygen atoms in total. The molecular formula is C12H13F2N3O. The molecule has 0 unspecified atom stereocenters. The average Bonchev–Trinajstić information content (AvgIpc) is 2.79. The van der Waals surface area contributed by atoms with E-state index in [-0.39, 0.29) is 6.61 Å². The number of anilines is 1. The summed E-state index contributed by atoms with van der Waals surface area (Å²) in [6.07, 6.45) is 3.44. The Kier molecular flexibility index (Phi) is 3.88. The Morgan fingerprint density at radius 1 is 1.28 bits per heavy atom. The van der Waals surface area contributed by atoms with Crippen LogP contribution in [0.2, 0.25) is 0 Å². The van der Waals surface area contributed by atoms with E-state index in [1.165, 1.54) is 6.07 Å². The third-order valence-electron chi connectivity index (χ3n) is 2.43. The van der Waals surface area contributed by atoms with Crippen LogP contribution in [0.4, 0.5) is 14.5 Å². The molecule has 0 fully saturated rings. The molecule has 0 atom stereocenters. The molecule has 2 aromatic rings. The molecule has 0 radical (unpaired) electrons. The second-order valence-electron chi connectivity index (χ2n) is 3.82. The van der Waals surface area contributed by atoms with E-state index >= 15 is 0 Å². The van der Waals surface area contributed by atoms with Gasteiger partial charge in [-0.1, -0.05) is 0 Å². The first kappa shape index (κ1) is 12.5. The van der Waals surface area contributed by atoms with E-state index in [9.17, 15) is 8.78 Å². The van der Waals surface area contributed by atoms with Crippen LogP contribution in [-0.2, 0) is 13.1 Å². The highest BCUT2D eigenvalue weighted by Crippen LogP contribution is 2.14. The summed E-state index contributed by atoms with van der Waals surface area (Å²) in [4.78, 5) is 0. The lowest BCUT2D eigenvalue weighted by molar-refractivity contribution is 0.269. The van der Waals surface area contributed by atoms with E-state index < -0.39 is 11.6 Å². The molecule has 0 aliphatic heterocycles. The fourth-order valence-electron chi connectivity index (χ4n) is 1.53. The minimum Gasteiger partial charge on any atom is -0.394 e. The zero-order chi connectivity index (χ0) is 13.0. The Morgan fingerprint density at radius 2 is 2.11 bits per heavy atom. The first-order valence-electron chi connectivity index (χ1n) is 5.50.